The van der Waals surface area contributed by atoms with Crippen molar-refractivity contribution in [3.63, 3.8) is 0 Å². The Morgan fingerprint density at radius 3 is 2.50 bits per heavy atom. The standard InChI is InChI=1S/C18H20N2O4/c1-3-11-24-14-8-6-7-13(12-14)17(21)19-20-18(22)15-9-4-5-10-16(15)23-2/h4-10,12H,3,11H2,1-2H3,(H,19,21)(H,20,22). The van der Waals surface area contributed by atoms with E-state index in [1.807, 2.05) is 6.92 Å². The highest BCUT2D eigenvalue weighted by Crippen LogP contribution is 2.17. The first-order valence-corrected chi connectivity index (χ1v) is 7.62. The summed E-state index contributed by atoms with van der Waals surface area (Å²) >= 11 is 0. The Bertz CT molecular complexity index is 716. The van der Waals surface area contributed by atoms with Crippen molar-refractivity contribution in [2.24, 2.45) is 0 Å². The number of hydrogen-bond donors (Lipinski definition) is 2. The average Bonchev–Trinajstić information content (AvgIpc) is 2.64. The second-order valence-electron chi connectivity index (χ2n) is 4.98. The Morgan fingerprint density at radius 1 is 1.00 bits per heavy atom. The van der Waals surface area contributed by atoms with Gasteiger partial charge in [-0.25, -0.2) is 0 Å². The zero-order valence-electron chi connectivity index (χ0n) is 13.7. The zero-order chi connectivity index (χ0) is 17.4. The van der Waals surface area contributed by atoms with Crippen LogP contribution in [0, 0.1) is 0 Å². The first-order chi connectivity index (χ1) is 11.7. The van der Waals surface area contributed by atoms with Crippen molar-refractivity contribution in [1.82, 2.24) is 10.9 Å². The van der Waals surface area contributed by atoms with Crippen LogP contribution in [0.3, 0.4) is 0 Å². The lowest BCUT2D eigenvalue weighted by molar-refractivity contribution is 0.0844. The number of benzene rings is 2. The summed E-state index contributed by atoms with van der Waals surface area (Å²) in [6.07, 6.45) is 0.880. The quantitative estimate of drug-likeness (QED) is 0.799. The van der Waals surface area contributed by atoms with Gasteiger partial charge in [0.05, 0.1) is 19.3 Å². The number of amides is 2. The smallest absolute Gasteiger partial charge is 0.273 e. The summed E-state index contributed by atoms with van der Waals surface area (Å²) in [7, 11) is 1.48. The Balaban J connectivity index is 1.99. The van der Waals surface area contributed by atoms with E-state index in [1.54, 1.807) is 48.5 Å². The van der Waals surface area contributed by atoms with Gasteiger partial charge in [0.15, 0.2) is 0 Å². The molecule has 6 heteroatoms. The lowest BCUT2D eigenvalue weighted by Crippen LogP contribution is -2.41. The average molecular weight is 328 g/mol. The van der Waals surface area contributed by atoms with E-state index < -0.39 is 11.8 Å². The lowest BCUT2D eigenvalue weighted by Gasteiger charge is -2.11. The second kappa shape index (κ2) is 8.57. The SMILES string of the molecule is CCCOc1cccc(C(=O)NNC(=O)c2ccccc2OC)c1. The fourth-order valence-corrected chi connectivity index (χ4v) is 2.03. The molecule has 0 saturated carbocycles. The van der Waals surface area contributed by atoms with Crippen LogP contribution in [-0.2, 0) is 0 Å². The van der Waals surface area contributed by atoms with Gasteiger partial charge in [-0.05, 0) is 36.8 Å². The number of ether oxygens (including phenoxy) is 2. The van der Waals surface area contributed by atoms with E-state index in [9.17, 15) is 9.59 Å². The van der Waals surface area contributed by atoms with E-state index in [1.165, 1.54) is 7.11 Å². The van der Waals surface area contributed by atoms with Crippen LogP contribution in [0.1, 0.15) is 34.1 Å². The molecule has 0 unspecified atom stereocenters. The van der Waals surface area contributed by atoms with Gasteiger partial charge in [-0.2, -0.15) is 0 Å². The van der Waals surface area contributed by atoms with Crippen LogP contribution in [0.25, 0.3) is 0 Å². The van der Waals surface area contributed by atoms with Gasteiger partial charge >= 0.3 is 0 Å². The van der Waals surface area contributed by atoms with Gasteiger partial charge in [0.2, 0.25) is 0 Å². The molecule has 6 nitrogen and oxygen atoms in total. The molecule has 2 aromatic carbocycles. The molecule has 0 aromatic heterocycles. The van der Waals surface area contributed by atoms with Crippen molar-refractivity contribution in [1.29, 1.82) is 0 Å². The minimum atomic E-state index is -0.459. The molecule has 0 spiro atoms. The van der Waals surface area contributed by atoms with E-state index in [0.717, 1.165) is 6.42 Å². The van der Waals surface area contributed by atoms with Gasteiger partial charge in [-0.15, -0.1) is 0 Å². The monoisotopic (exact) mass is 328 g/mol. The highest BCUT2D eigenvalue weighted by atomic mass is 16.5. The fourth-order valence-electron chi connectivity index (χ4n) is 2.03. The van der Waals surface area contributed by atoms with E-state index in [4.69, 9.17) is 9.47 Å². The summed E-state index contributed by atoms with van der Waals surface area (Å²) in [6.45, 7) is 2.58. The van der Waals surface area contributed by atoms with Crippen molar-refractivity contribution in [3.05, 3.63) is 59.7 Å². The zero-order valence-corrected chi connectivity index (χ0v) is 13.7. The Morgan fingerprint density at radius 2 is 1.75 bits per heavy atom. The maximum atomic E-state index is 12.1. The van der Waals surface area contributed by atoms with Crippen molar-refractivity contribution >= 4 is 11.8 Å². The maximum absolute atomic E-state index is 12.1. The largest absolute Gasteiger partial charge is 0.496 e. The normalized spacial score (nSPS) is 9.92. The van der Waals surface area contributed by atoms with Crippen LogP contribution in [0.4, 0.5) is 0 Å². The third-order valence-corrected chi connectivity index (χ3v) is 3.21. The Hall–Kier alpha value is -3.02. The molecular weight excluding hydrogens is 308 g/mol. The first-order valence-electron chi connectivity index (χ1n) is 7.62. The van der Waals surface area contributed by atoms with Crippen molar-refractivity contribution in [2.75, 3.05) is 13.7 Å². The van der Waals surface area contributed by atoms with Gasteiger partial charge in [-0.1, -0.05) is 25.1 Å². The van der Waals surface area contributed by atoms with Crippen LogP contribution in [0.2, 0.25) is 0 Å². The summed E-state index contributed by atoms with van der Waals surface area (Å²) in [6, 6.07) is 13.5. The molecule has 0 heterocycles. The summed E-state index contributed by atoms with van der Waals surface area (Å²) in [5.74, 6) is 0.152. The summed E-state index contributed by atoms with van der Waals surface area (Å²) in [5.41, 5.74) is 5.48. The third-order valence-electron chi connectivity index (χ3n) is 3.21. The molecule has 0 aliphatic heterocycles. The number of methoxy groups -OCH3 is 1. The topological polar surface area (TPSA) is 76.7 Å². The van der Waals surface area contributed by atoms with Gasteiger partial charge in [0.25, 0.3) is 11.8 Å². The molecule has 0 radical (unpaired) electrons. The van der Waals surface area contributed by atoms with E-state index >= 15 is 0 Å². The number of hydrogen-bond acceptors (Lipinski definition) is 4. The van der Waals surface area contributed by atoms with Crippen molar-refractivity contribution in [3.8, 4) is 11.5 Å². The number of para-hydroxylation sites is 1. The number of hydrazine groups is 1. The molecule has 0 atom stereocenters. The highest BCUT2D eigenvalue weighted by Gasteiger charge is 2.13. The second-order valence-corrected chi connectivity index (χ2v) is 4.98. The van der Waals surface area contributed by atoms with Gasteiger partial charge < -0.3 is 9.47 Å². The van der Waals surface area contributed by atoms with Gasteiger partial charge in [-0.3, -0.25) is 20.4 Å². The number of carbonyl (C=O) groups excluding carboxylic acids is 2. The highest BCUT2D eigenvalue weighted by molar-refractivity contribution is 6.00. The summed E-state index contributed by atoms with van der Waals surface area (Å²) < 4.78 is 10.6. The molecule has 2 aromatic rings. The molecule has 2 rings (SSSR count). The summed E-state index contributed by atoms with van der Waals surface area (Å²) in [4.78, 5) is 24.3. The number of carbonyl (C=O) groups is 2. The van der Waals surface area contributed by atoms with Gasteiger partial charge in [0.1, 0.15) is 11.5 Å². The van der Waals surface area contributed by atoms with E-state index in [-0.39, 0.29) is 0 Å². The molecule has 0 aliphatic carbocycles. The maximum Gasteiger partial charge on any atom is 0.273 e. The lowest BCUT2D eigenvalue weighted by atomic mass is 10.2. The molecular formula is C18H20N2O4. The summed E-state index contributed by atoms with van der Waals surface area (Å²) in [5, 5.41) is 0. The number of nitrogens with one attached hydrogen (secondary N) is 2. The molecule has 24 heavy (non-hydrogen) atoms. The van der Waals surface area contributed by atoms with Crippen LogP contribution in [0.15, 0.2) is 48.5 Å². The van der Waals surface area contributed by atoms with Crippen molar-refractivity contribution < 1.29 is 19.1 Å². The minimum Gasteiger partial charge on any atom is -0.496 e. The van der Waals surface area contributed by atoms with E-state index in [2.05, 4.69) is 10.9 Å². The predicted molar refractivity (Wildman–Crippen MR) is 90.2 cm³/mol. The predicted octanol–water partition coefficient (Wildman–Crippen LogP) is 2.56. The van der Waals surface area contributed by atoms with Crippen LogP contribution in [0.5, 0.6) is 11.5 Å². The molecule has 0 aliphatic rings. The first kappa shape index (κ1) is 17.3. The Kier molecular flexibility index (Phi) is 6.19. The van der Waals surface area contributed by atoms with Crippen LogP contribution >= 0.6 is 0 Å². The number of rotatable bonds is 6. The molecule has 2 N–H and O–H groups in total. The van der Waals surface area contributed by atoms with Crippen molar-refractivity contribution in [2.45, 2.75) is 13.3 Å². The van der Waals surface area contributed by atoms with Crippen LogP contribution < -0.4 is 20.3 Å². The van der Waals surface area contributed by atoms with Crippen LogP contribution in [-0.4, -0.2) is 25.5 Å². The molecule has 0 saturated heterocycles. The van der Waals surface area contributed by atoms with E-state index in [0.29, 0.717) is 29.2 Å². The molecule has 0 bridgehead atoms. The minimum absolute atomic E-state index is 0.334. The fraction of sp³-hybridized carbons (Fsp3) is 0.222. The molecule has 0 fully saturated rings. The van der Waals surface area contributed by atoms with Gasteiger partial charge in [0, 0.05) is 5.56 Å². The third kappa shape index (κ3) is 4.49. The Labute approximate surface area is 140 Å². The molecule has 126 valence electrons. The molecule has 2 amide bonds.